The lowest BCUT2D eigenvalue weighted by Gasteiger charge is -2.47. The standard InChI is InChI=1S/C28H47N7O2/c36-27(22-7-13-29-14-8-22)30-15-9-25-24(6-5-19-35(25)23-11-20-37-21-12-23)32-28-31-16-10-26(33-28)34-17-3-1-2-4-18-34/h10,16,22-25,29H,1-9,11-15,17-21H2,(H,30,36)(H,31,32,33). The van der Waals surface area contributed by atoms with Crippen LogP contribution in [0.3, 0.4) is 0 Å². The van der Waals surface area contributed by atoms with Gasteiger partial charge in [-0.05, 0) is 83.5 Å². The number of piperidine rings is 2. The molecule has 4 aliphatic rings. The van der Waals surface area contributed by atoms with Gasteiger partial charge < -0.3 is 25.6 Å². The lowest BCUT2D eigenvalue weighted by Crippen LogP contribution is -2.57. The van der Waals surface area contributed by atoms with Crippen molar-refractivity contribution in [1.29, 1.82) is 0 Å². The molecule has 0 spiro atoms. The number of carbonyl (C=O) groups is 1. The quantitative estimate of drug-likeness (QED) is 0.489. The van der Waals surface area contributed by atoms with Gasteiger partial charge in [0.25, 0.3) is 0 Å². The van der Waals surface area contributed by atoms with E-state index in [-0.39, 0.29) is 17.9 Å². The molecule has 9 nitrogen and oxygen atoms in total. The Hall–Kier alpha value is -1.97. The molecule has 206 valence electrons. The van der Waals surface area contributed by atoms with Crippen LogP contribution in [0.25, 0.3) is 0 Å². The minimum atomic E-state index is 0.156. The van der Waals surface area contributed by atoms with Gasteiger partial charge in [0, 0.05) is 63.1 Å². The number of aromatic nitrogens is 2. The van der Waals surface area contributed by atoms with Crippen LogP contribution in [0.5, 0.6) is 0 Å². The van der Waals surface area contributed by atoms with Gasteiger partial charge in [-0.2, -0.15) is 4.98 Å². The van der Waals surface area contributed by atoms with Crippen LogP contribution < -0.4 is 20.9 Å². The van der Waals surface area contributed by atoms with Gasteiger partial charge >= 0.3 is 0 Å². The minimum Gasteiger partial charge on any atom is -0.381 e. The molecule has 9 heteroatoms. The zero-order valence-electron chi connectivity index (χ0n) is 22.5. The average Bonchev–Trinajstić information content (AvgIpc) is 3.25. The van der Waals surface area contributed by atoms with Gasteiger partial charge in [-0.1, -0.05) is 12.8 Å². The minimum absolute atomic E-state index is 0.156. The normalized spacial score (nSPS) is 27.0. The van der Waals surface area contributed by atoms with Crippen LogP contribution in [0.1, 0.15) is 70.6 Å². The fourth-order valence-electron chi connectivity index (χ4n) is 6.72. The smallest absolute Gasteiger partial charge is 0.224 e. The number of anilines is 2. The number of ether oxygens (including phenoxy) is 1. The Kier molecular flexibility index (Phi) is 9.87. The maximum atomic E-state index is 12.8. The lowest BCUT2D eigenvalue weighted by molar-refractivity contribution is -0.125. The summed E-state index contributed by atoms with van der Waals surface area (Å²) in [5.74, 6) is 2.17. The van der Waals surface area contributed by atoms with Crippen LogP contribution in [0.4, 0.5) is 11.8 Å². The van der Waals surface area contributed by atoms with Crippen LogP contribution in [0, 0.1) is 5.92 Å². The fraction of sp³-hybridized carbons (Fsp3) is 0.821. The third-order valence-corrected chi connectivity index (χ3v) is 8.82. The highest BCUT2D eigenvalue weighted by atomic mass is 16.5. The second-order valence-electron chi connectivity index (χ2n) is 11.3. The van der Waals surface area contributed by atoms with E-state index in [2.05, 4.69) is 36.8 Å². The van der Waals surface area contributed by atoms with Crippen molar-refractivity contribution < 1.29 is 9.53 Å². The maximum Gasteiger partial charge on any atom is 0.224 e. The van der Waals surface area contributed by atoms with E-state index in [1.54, 1.807) is 0 Å². The molecule has 4 aliphatic heterocycles. The van der Waals surface area contributed by atoms with Crippen molar-refractivity contribution in [3.63, 3.8) is 0 Å². The van der Waals surface area contributed by atoms with Crippen LogP contribution >= 0.6 is 0 Å². The predicted octanol–water partition coefficient (Wildman–Crippen LogP) is 2.79. The number of amides is 1. The van der Waals surface area contributed by atoms with E-state index in [9.17, 15) is 4.79 Å². The van der Waals surface area contributed by atoms with Gasteiger partial charge in [-0.15, -0.1) is 0 Å². The monoisotopic (exact) mass is 513 g/mol. The van der Waals surface area contributed by atoms with Gasteiger partial charge in [0.1, 0.15) is 5.82 Å². The van der Waals surface area contributed by atoms with Crippen molar-refractivity contribution in [1.82, 2.24) is 25.5 Å². The van der Waals surface area contributed by atoms with Gasteiger partial charge in [0.15, 0.2) is 0 Å². The van der Waals surface area contributed by atoms with Crippen molar-refractivity contribution in [2.45, 2.75) is 88.8 Å². The van der Waals surface area contributed by atoms with Crippen LogP contribution in [-0.2, 0) is 9.53 Å². The summed E-state index contributed by atoms with van der Waals surface area (Å²) in [6, 6.07) is 3.22. The highest BCUT2D eigenvalue weighted by Gasteiger charge is 2.36. The molecule has 5 heterocycles. The number of carbonyl (C=O) groups excluding carboxylic acids is 1. The van der Waals surface area contributed by atoms with E-state index in [1.807, 2.05) is 6.20 Å². The first kappa shape index (κ1) is 26.6. The van der Waals surface area contributed by atoms with E-state index in [4.69, 9.17) is 9.72 Å². The molecular formula is C28H47N7O2. The summed E-state index contributed by atoms with van der Waals surface area (Å²) in [6.45, 7) is 7.58. The summed E-state index contributed by atoms with van der Waals surface area (Å²) in [6.07, 6.45) is 14.3. The first-order valence-electron chi connectivity index (χ1n) is 14.9. The molecule has 1 aromatic rings. The second-order valence-corrected chi connectivity index (χ2v) is 11.3. The Balaban J connectivity index is 1.25. The van der Waals surface area contributed by atoms with Gasteiger partial charge in [-0.3, -0.25) is 9.69 Å². The Morgan fingerprint density at radius 2 is 1.78 bits per heavy atom. The number of nitrogens with one attached hydrogen (secondary N) is 3. The molecule has 1 aromatic heterocycles. The number of rotatable bonds is 8. The molecule has 0 saturated carbocycles. The molecule has 4 fully saturated rings. The van der Waals surface area contributed by atoms with E-state index >= 15 is 0 Å². The van der Waals surface area contributed by atoms with E-state index < -0.39 is 0 Å². The molecule has 4 saturated heterocycles. The molecule has 0 aromatic carbocycles. The first-order chi connectivity index (χ1) is 18.3. The summed E-state index contributed by atoms with van der Waals surface area (Å²) < 4.78 is 5.68. The Morgan fingerprint density at radius 3 is 2.57 bits per heavy atom. The molecular weight excluding hydrogens is 466 g/mol. The van der Waals surface area contributed by atoms with E-state index in [0.717, 1.165) is 103 Å². The van der Waals surface area contributed by atoms with Crippen LogP contribution in [0.15, 0.2) is 12.3 Å². The summed E-state index contributed by atoms with van der Waals surface area (Å²) in [5, 5.41) is 10.4. The fourth-order valence-corrected chi connectivity index (χ4v) is 6.72. The van der Waals surface area contributed by atoms with Crippen LogP contribution in [-0.4, -0.2) is 91.4 Å². The molecule has 3 N–H and O–H groups in total. The van der Waals surface area contributed by atoms with Crippen molar-refractivity contribution in [2.24, 2.45) is 5.92 Å². The first-order valence-corrected chi connectivity index (χ1v) is 14.9. The molecule has 1 amide bonds. The Morgan fingerprint density at radius 1 is 1.00 bits per heavy atom. The number of likely N-dealkylation sites (tertiary alicyclic amines) is 1. The molecule has 37 heavy (non-hydrogen) atoms. The zero-order chi connectivity index (χ0) is 25.3. The number of hydrogen-bond acceptors (Lipinski definition) is 8. The van der Waals surface area contributed by atoms with E-state index in [0.29, 0.717) is 12.1 Å². The molecule has 2 atom stereocenters. The van der Waals surface area contributed by atoms with Crippen molar-refractivity contribution >= 4 is 17.7 Å². The highest BCUT2D eigenvalue weighted by Crippen LogP contribution is 2.29. The number of hydrogen-bond donors (Lipinski definition) is 3. The van der Waals surface area contributed by atoms with Crippen molar-refractivity contribution in [3.8, 4) is 0 Å². The predicted molar refractivity (Wildman–Crippen MR) is 147 cm³/mol. The second kappa shape index (κ2) is 13.7. The van der Waals surface area contributed by atoms with Gasteiger partial charge in [0.2, 0.25) is 11.9 Å². The molecule has 0 bridgehead atoms. The average molecular weight is 514 g/mol. The number of nitrogens with zero attached hydrogens (tertiary/aromatic N) is 4. The van der Waals surface area contributed by atoms with Gasteiger partial charge in [-0.25, -0.2) is 4.98 Å². The van der Waals surface area contributed by atoms with Crippen molar-refractivity contribution in [2.75, 3.05) is 62.7 Å². The molecule has 2 unspecified atom stereocenters. The third-order valence-electron chi connectivity index (χ3n) is 8.82. The Labute approximate surface area is 222 Å². The maximum absolute atomic E-state index is 12.8. The zero-order valence-corrected chi connectivity index (χ0v) is 22.5. The van der Waals surface area contributed by atoms with E-state index in [1.165, 1.54) is 32.1 Å². The van der Waals surface area contributed by atoms with Crippen molar-refractivity contribution in [3.05, 3.63) is 12.3 Å². The SMILES string of the molecule is O=C(NCCC1C(Nc2nccc(N3CCCCCC3)n2)CCCN1C1CCOCC1)C1CCNCC1. The largest absolute Gasteiger partial charge is 0.381 e. The summed E-state index contributed by atoms with van der Waals surface area (Å²) in [7, 11) is 0. The third kappa shape index (κ3) is 7.33. The molecule has 0 radical (unpaired) electrons. The summed E-state index contributed by atoms with van der Waals surface area (Å²) in [5.41, 5.74) is 0. The molecule has 5 rings (SSSR count). The Bertz CT molecular complexity index is 836. The highest BCUT2D eigenvalue weighted by molar-refractivity contribution is 5.78. The van der Waals surface area contributed by atoms with Crippen LogP contribution in [0.2, 0.25) is 0 Å². The summed E-state index contributed by atoms with van der Waals surface area (Å²) in [4.78, 5) is 27.5. The lowest BCUT2D eigenvalue weighted by atomic mass is 9.90. The van der Waals surface area contributed by atoms with Gasteiger partial charge in [0.05, 0.1) is 0 Å². The summed E-state index contributed by atoms with van der Waals surface area (Å²) >= 11 is 0. The topological polar surface area (TPSA) is 94.7 Å². The molecule has 0 aliphatic carbocycles.